The molecule has 2 heterocycles. The van der Waals surface area contributed by atoms with Gasteiger partial charge in [0.2, 0.25) is 5.91 Å². The number of rotatable bonds is 6. The van der Waals surface area contributed by atoms with Crippen molar-refractivity contribution in [1.82, 2.24) is 19.8 Å². The third-order valence-corrected chi connectivity index (χ3v) is 5.98. The van der Waals surface area contributed by atoms with E-state index in [9.17, 15) is 9.59 Å². The van der Waals surface area contributed by atoms with Gasteiger partial charge in [0.1, 0.15) is 5.82 Å². The van der Waals surface area contributed by atoms with Gasteiger partial charge >= 0.3 is 0 Å². The van der Waals surface area contributed by atoms with Gasteiger partial charge in [-0.3, -0.25) is 9.59 Å². The third-order valence-electron chi connectivity index (χ3n) is 5.98. The molecule has 6 nitrogen and oxygen atoms in total. The molecule has 0 radical (unpaired) electrons. The van der Waals surface area contributed by atoms with E-state index in [1.807, 2.05) is 67.8 Å². The van der Waals surface area contributed by atoms with Crippen LogP contribution < -0.4 is 0 Å². The zero-order valence-electron chi connectivity index (χ0n) is 18.5. The van der Waals surface area contributed by atoms with Crippen molar-refractivity contribution >= 4 is 11.8 Å². The second-order valence-corrected chi connectivity index (χ2v) is 7.93. The summed E-state index contributed by atoms with van der Waals surface area (Å²) in [4.78, 5) is 38.7. The SMILES string of the molecule is CCN(CC)C(=O)Cc1c(C)nc([C@@H]2CCCN(C(=O)c3ccccc3)C2)nc1C. The summed E-state index contributed by atoms with van der Waals surface area (Å²) in [6.45, 7) is 10.7. The smallest absolute Gasteiger partial charge is 0.253 e. The first-order chi connectivity index (χ1) is 14.4. The fraction of sp³-hybridized carbons (Fsp3) is 0.500. The van der Waals surface area contributed by atoms with Crippen molar-refractivity contribution in [3.63, 3.8) is 0 Å². The van der Waals surface area contributed by atoms with Gasteiger partial charge in [-0.1, -0.05) is 18.2 Å². The Morgan fingerprint density at radius 2 is 1.70 bits per heavy atom. The zero-order valence-corrected chi connectivity index (χ0v) is 18.5. The van der Waals surface area contributed by atoms with E-state index in [1.165, 1.54) is 0 Å². The molecule has 3 rings (SSSR count). The number of aryl methyl sites for hydroxylation is 2. The van der Waals surface area contributed by atoms with Gasteiger partial charge in [0.15, 0.2) is 0 Å². The number of hydrogen-bond donors (Lipinski definition) is 0. The zero-order chi connectivity index (χ0) is 21.7. The lowest BCUT2D eigenvalue weighted by molar-refractivity contribution is -0.130. The Hall–Kier alpha value is -2.76. The monoisotopic (exact) mass is 408 g/mol. The van der Waals surface area contributed by atoms with Gasteiger partial charge in [0.25, 0.3) is 5.91 Å². The molecular formula is C24H32N4O2. The molecule has 0 unspecified atom stereocenters. The normalized spacial score (nSPS) is 16.4. The number of piperidine rings is 1. The molecule has 1 atom stereocenters. The minimum Gasteiger partial charge on any atom is -0.343 e. The molecule has 2 amide bonds. The van der Waals surface area contributed by atoms with Crippen molar-refractivity contribution in [2.75, 3.05) is 26.2 Å². The number of aromatic nitrogens is 2. The molecule has 160 valence electrons. The molecule has 1 aliphatic heterocycles. The number of carbonyl (C=O) groups is 2. The molecule has 6 heteroatoms. The first-order valence-electron chi connectivity index (χ1n) is 10.9. The van der Waals surface area contributed by atoms with Crippen LogP contribution in [0.15, 0.2) is 30.3 Å². The third kappa shape index (κ3) is 4.86. The standard InChI is InChI=1S/C24H32N4O2/c1-5-27(6-2)22(29)15-21-17(3)25-23(26-18(21)4)20-13-10-14-28(16-20)24(30)19-11-8-7-9-12-19/h7-9,11-12,20H,5-6,10,13-16H2,1-4H3/t20-/m1/s1. The van der Waals surface area contributed by atoms with Crippen molar-refractivity contribution in [2.24, 2.45) is 0 Å². The molecule has 0 saturated carbocycles. The Labute approximate surface area is 179 Å². The molecule has 2 aromatic rings. The van der Waals surface area contributed by atoms with Gasteiger partial charge in [-0.25, -0.2) is 9.97 Å². The van der Waals surface area contributed by atoms with E-state index in [4.69, 9.17) is 9.97 Å². The van der Waals surface area contributed by atoms with Crippen LogP contribution >= 0.6 is 0 Å². The van der Waals surface area contributed by atoms with Crippen LogP contribution in [0.4, 0.5) is 0 Å². The summed E-state index contributed by atoms with van der Waals surface area (Å²) >= 11 is 0. The fourth-order valence-electron chi connectivity index (χ4n) is 4.18. The Morgan fingerprint density at radius 3 is 2.30 bits per heavy atom. The van der Waals surface area contributed by atoms with E-state index in [-0.39, 0.29) is 17.7 Å². The van der Waals surface area contributed by atoms with Crippen LogP contribution in [0.1, 0.15) is 65.7 Å². The van der Waals surface area contributed by atoms with Gasteiger partial charge in [0.05, 0.1) is 6.42 Å². The van der Waals surface area contributed by atoms with Crippen molar-refractivity contribution in [1.29, 1.82) is 0 Å². The summed E-state index contributed by atoms with van der Waals surface area (Å²) < 4.78 is 0. The lowest BCUT2D eigenvalue weighted by Gasteiger charge is -2.32. The van der Waals surface area contributed by atoms with Crippen LogP contribution in [-0.4, -0.2) is 57.8 Å². The van der Waals surface area contributed by atoms with Gasteiger partial charge in [0, 0.05) is 54.6 Å². The minimum absolute atomic E-state index is 0.0650. The highest BCUT2D eigenvalue weighted by atomic mass is 16.2. The predicted molar refractivity (Wildman–Crippen MR) is 117 cm³/mol. The predicted octanol–water partition coefficient (Wildman–Crippen LogP) is 3.52. The van der Waals surface area contributed by atoms with Crippen LogP contribution in [0.3, 0.4) is 0 Å². The topological polar surface area (TPSA) is 66.4 Å². The fourth-order valence-corrected chi connectivity index (χ4v) is 4.18. The summed E-state index contributed by atoms with van der Waals surface area (Å²) in [6, 6.07) is 9.42. The summed E-state index contributed by atoms with van der Waals surface area (Å²) in [5.41, 5.74) is 3.37. The average molecular weight is 409 g/mol. The average Bonchev–Trinajstić information content (AvgIpc) is 2.77. The highest BCUT2D eigenvalue weighted by molar-refractivity contribution is 5.94. The van der Waals surface area contributed by atoms with Crippen LogP contribution in [0.2, 0.25) is 0 Å². The van der Waals surface area contributed by atoms with Crippen molar-refractivity contribution in [2.45, 2.75) is 52.9 Å². The van der Waals surface area contributed by atoms with Gasteiger partial charge in [-0.05, 0) is 52.7 Å². The Bertz CT molecular complexity index is 870. The van der Waals surface area contributed by atoms with Gasteiger partial charge in [-0.15, -0.1) is 0 Å². The van der Waals surface area contributed by atoms with E-state index >= 15 is 0 Å². The van der Waals surface area contributed by atoms with Crippen LogP contribution in [0.5, 0.6) is 0 Å². The molecule has 1 aliphatic rings. The Morgan fingerprint density at radius 1 is 1.07 bits per heavy atom. The molecule has 0 spiro atoms. The Balaban J connectivity index is 1.76. The van der Waals surface area contributed by atoms with Gasteiger partial charge in [-0.2, -0.15) is 0 Å². The second kappa shape index (κ2) is 9.83. The molecule has 1 aromatic heterocycles. The molecule has 1 fully saturated rings. The van der Waals surface area contributed by atoms with Crippen molar-refractivity contribution in [3.05, 3.63) is 58.7 Å². The lowest BCUT2D eigenvalue weighted by atomic mass is 9.95. The van der Waals surface area contributed by atoms with E-state index in [1.54, 1.807) is 0 Å². The summed E-state index contributed by atoms with van der Waals surface area (Å²) in [5, 5.41) is 0. The molecule has 30 heavy (non-hydrogen) atoms. The van der Waals surface area contributed by atoms with Crippen LogP contribution in [0, 0.1) is 13.8 Å². The quantitative estimate of drug-likeness (QED) is 0.733. The maximum atomic E-state index is 12.8. The van der Waals surface area contributed by atoms with E-state index in [0.29, 0.717) is 26.1 Å². The summed E-state index contributed by atoms with van der Waals surface area (Å²) in [6.07, 6.45) is 2.24. The molecule has 1 saturated heterocycles. The number of nitrogens with zero attached hydrogens (tertiary/aromatic N) is 4. The number of benzene rings is 1. The number of likely N-dealkylation sites (tertiary alicyclic amines) is 1. The Kier molecular flexibility index (Phi) is 7.19. The largest absolute Gasteiger partial charge is 0.343 e. The highest BCUT2D eigenvalue weighted by Gasteiger charge is 2.28. The van der Waals surface area contributed by atoms with Crippen molar-refractivity contribution < 1.29 is 9.59 Å². The lowest BCUT2D eigenvalue weighted by Crippen LogP contribution is -2.39. The van der Waals surface area contributed by atoms with Crippen LogP contribution in [-0.2, 0) is 11.2 Å². The second-order valence-electron chi connectivity index (χ2n) is 7.93. The summed E-state index contributed by atoms with van der Waals surface area (Å²) in [7, 11) is 0. The van der Waals surface area contributed by atoms with Crippen molar-refractivity contribution in [3.8, 4) is 0 Å². The molecule has 0 bridgehead atoms. The highest BCUT2D eigenvalue weighted by Crippen LogP contribution is 2.27. The van der Waals surface area contributed by atoms with E-state index < -0.39 is 0 Å². The molecule has 0 N–H and O–H groups in total. The van der Waals surface area contributed by atoms with Gasteiger partial charge < -0.3 is 9.80 Å². The van der Waals surface area contributed by atoms with E-state index in [2.05, 4.69) is 0 Å². The number of hydrogen-bond acceptors (Lipinski definition) is 4. The maximum absolute atomic E-state index is 12.8. The molecular weight excluding hydrogens is 376 g/mol. The van der Waals surface area contributed by atoms with E-state index in [0.717, 1.165) is 47.7 Å². The number of carbonyl (C=O) groups excluding carboxylic acids is 2. The molecule has 0 aliphatic carbocycles. The number of likely N-dealkylation sites (N-methyl/N-ethyl adjacent to an activating group) is 1. The number of amides is 2. The minimum atomic E-state index is 0.0650. The molecule has 1 aromatic carbocycles. The first-order valence-corrected chi connectivity index (χ1v) is 10.9. The first kappa shape index (κ1) is 21.9. The summed E-state index contributed by atoms with van der Waals surface area (Å²) in [5.74, 6) is 1.08. The van der Waals surface area contributed by atoms with Crippen LogP contribution in [0.25, 0.3) is 0 Å². The maximum Gasteiger partial charge on any atom is 0.253 e.